The predicted octanol–water partition coefficient (Wildman–Crippen LogP) is 10.9. The number of fused-ring (bicyclic) bond motifs is 11. The highest BCUT2D eigenvalue weighted by Crippen LogP contribution is 2.62. The van der Waals surface area contributed by atoms with E-state index in [9.17, 15) is 0 Å². The van der Waals surface area contributed by atoms with Crippen LogP contribution in [0.4, 0.5) is 0 Å². The minimum Gasteiger partial charge on any atom is -0.228 e. The number of hydrogen-bond acceptors (Lipinski definition) is 3. The topological polar surface area (TPSA) is 25.8 Å². The number of para-hydroxylation sites is 1. The van der Waals surface area contributed by atoms with Crippen LogP contribution < -0.4 is 0 Å². The van der Waals surface area contributed by atoms with Crippen LogP contribution in [0.25, 0.3) is 55.4 Å². The molecule has 2 heterocycles. The van der Waals surface area contributed by atoms with Gasteiger partial charge in [0.1, 0.15) is 0 Å². The van der Waals surface area contributed by atoms with E-state index >= 15 is 0 Å². The fourth-order valence-electron chi connectivity index (χ4n) is 7.84. The molecule has 7 aromatic carbocycles. The van der Waals surface area contributed by atoms with E-state index in [0.29, 0.717) is 0 Å². The third kappa shape index (κ3) is 3.49. The van der Waals surface area contributed by atoms with E-state index in [4.69, 9.17) is 9.97 Å². The Balaban J connectivity index is 1.26. The third-order valence-electron chi connectivity index (χ3n) is 9.75. The van der Waals surface area contributed by atoms with Crippen molar-refractivity contribution in [3.05, 3.63) is 180 Å². The van der Waals surface area contributed by atoms with Crippen LogP contribution in [0.15, 0.2) is 168 Å². The van der Waals surface area contributed by atoms with E-state index in [0.717, 1.165) is 33.5 Å². The highest BCUT2D eigenvalue weighted by molar-refractivity contribution is 7.99. The number of rotatable bonds is 2. The molecule has 8 aromatic rings. The summed E-state index contributed by atoms with van der Waals surface area (Å²) >= 11 is 1.86. The molecule has 214 valence electrons. The highest BCUT2D eigenvalue weighted by Gasteiger charge is 2.50. The van der Waals surface area contributed by atoms with Crippen molar-refractivity contribution in [1.29, 1.82) is 0 Å². The SMILES string of the molecule is c1ccc2c(c1)Sc1ccc(-c3nc(-c4cccc5ccccc45)c4ccccc4n3)cc1C21c2ccccc2-c2ccccc21. The Morgan fingerprint density at radius 3 is 1.87 bits per heavy atom. The van der Waals surface area contributed by atoms with Gasteiger partial charge >= 0.3 is 0 Å². The average Bonchev–Trinajstić information content (AvgIpc) is 3.42. The van der Waals surface area contributed by atoms with Gasteiger partial charge in [-0.15, -0.1) is 0 Å². The zero-order chi connectivity index (χ0) is 30.2. The summed E-state index contributed by atoms with van der Waals surface area (Å²) in [5, 5.41) is 3.45. The van der Waals surface area contributed by atoms with E-state index in [-0.39, 0.29) is 0 Å². The molecule has 0 N–H and O–H groups in total. The predicted molar refractivity (Wildman–Crippen MR) is 189 cm³/mol. The van der Waals surface area contributed by atoms with Gasteiger partial charge in [-0.05, 0) is 68.4 Å². The van der Waals surface area contributed by atoms with Crippen molar-refractivity contribution in [2.24, 2.45) is 0 Å². The summed E-state index contributed by atoms with van der Waals surface area (Å²) in [5.74, 6) is 0.739. The van der Waals surface area contributed by atoms with Crippen molar-refractivity contribution < 1.29 is 0 Å². The van der Waals surface area contributed by atoms with Crippen LogP contribution in [-0.4, -0.2) is 9.97 Å². The molecular weight excluding hydrogens is 577 g/mol. The van der Waals surface area contributed by atoms with Crippen LogP contribution in [0, 0.1) is 0 Å². The summed E-state index contributed by atoms with van der Waals surface area (Å²) < 4.78 is 0. The molecule has 1 spiro atoms. The van der Waals surface area contributed by atoms with Crippen molar-refractivity contribution in [2.45, 2.75) is 15.2 Å². The first-order valence-corrected chi connectivity index (χ1v) is 16.5. The Morgan fingerprint density at radius 2 is 1.04 bits per heavy atom. The minimum atomic E-state index is -0.435. The van der Waals surface area contributed by atoms with Crippen molar-refractivity contribution >= 4 is 33.4 Å². The zero-order valence-corrected chi connectivity index (χ0v) is 25.6. The summed E-state index contributed by atoms with van der Waals surface area (Å²) in [7, 11) is 0. The standard InChI is InChI=1S/C43H26N2S/c1-2-14-29-27(12-1)13-11-18-32(29)41-33-17-5-9-22-38(33)44-42(45-41)28-24-25-40-37(26-28)43(36-21-8-10-23-39(36)46-40)34-19-6-3-15-30(34)31-16-4-7-20-35(31)43/h1-26H. The second-order valence-corrected chi connectivity index (χ2v) is 13.2. The Hall–Kier alpha value is -5.51. The lowest BCUT2D eigenvalue weighted by Crippen LogP contribution is -2.32. The summed E-state index contributed by atoms with van der Waals surface area (Å²) in [6.45, 7) is 0. The van der Waals surface area contributed by atoms with E-state index in [1.165, 1.54) is 53.9 Å². The quantitative estimate of drug-likeness (QED) is 0.197. The Labute approximate surface area is 271 Å². The summed E-state index contributed by atoms with van der Waals surface area (Å²) in [5.41, 5.74) is 11.5. The van der Waals surface area contributed by atoms with Crippen LogP contribution >= 0.6 is 11.8 Å². The Bertz CT molecular complexity index is 2480. The summed E-state index contributed by atoms with van der Waals surface area (Å²) in [4.78, 5) is 13.1. The normalized spacial score (nSPS) is 13.7. The van der Waals surface area contributed by atoms with E-state index < -0.39 is 5.41 Å². The van der Waals surface area contributed by atoms with Crippen LogP contribution in [0.1, 0.15) is 22.3 Å². The molecule has 1 aliphatic carbocycles. The molecule has 2 aliphatic rings. The monoisotopic (exact) mass is 602 g/mol. The highest BCUT2D eigenvalue weighted by atomic mass is 32.2. The van der Waals surface area contributed by atoms with Crippen molar-refractivity contribution in [1.82, 2.24) is 9.97 Å². The zero-order valence-electron chi connectivity index (χ0n) is 24.8. The molecule has 0 radical (unpaired) electrons. The van der Waals surface area contributed by atoms with Gasteiger partial charge < -0.3 is 0 Å². The lowest BCUT2D eigenvalue weighted by atomic mass is 9.67. The molecule has 3 heteroatoms. The summed E-state index contributed by atoms with van der Waals surface area (Å²) in [6.07, 6.45) is 0. The molecule has 0 unspecified atom stereocenters. The van der Waals surface area contributed by atoms with Gasteiger partial charge in [0.2, 0.25) is 0 Å². The average molecular weight is 603 g/mol. The third-order valence-corrected chi connectivity index (χ3v) is 10.9. The lowest BCUT2D eigenvalue weighted by molar-refractivity contribution is 0.722. The van der Waals surface area contributed by atoms with Gasteiger partial charge in [-0.25, -0.2) is 9.97 Å². The van der Waals surface area contributed by atoms with Crippen LogP contribution in [0.3, 0.4) is 0 Å². The number of benzene rings is 7. The first-order valence-electron chi connectivity index (χ1n) is 15.7. The fourth-order valence-corrected chi connectivity index (χ4v) is 9.01. The van der Waals surface area contributed by atoms with Gasteiger partial charge in [0.05, 0.1) is 16.6 Å². The van der Waals surface area contributed by atoms with E-state index in [2.05, 4.69) is 158 Å². The summed E-state index contributed by atoms with van der Waals surface area (Å²) in [6, 6.07) is 57.1. The largest absolute Gasteiger partial charge is 0.228 e. The second-order valence-electron chi connectivity index (χ2n) is 12.1. The maximum Gasteiger partial charge on any atom is 0.160 e. The molecule has 0 saturated heterocycles. The van der Waals surface area contributed by atoms with Gasteiger partial charge in [0.15, 0.2) is 5.82 Å². The van der Waals surface area contributed by atoms with Crippen LogP contribution in [0.5, 0.6) is 0 Å². The van der Waals surface area contributed by atoms with Crippen LogP contribution in [-0.2, 0) is 5.41 Å². The molecule has 0 saturated carbocycles. The molecule has 2 nitrogen and oxygen atoms in total. The van der Waals surface area contributed by atoms with Gasteiger partial charge in [0, 0.05) is 26.3 Å². The number of aromatic nitrogens is 2. The molecule has 10 rings (SSSR count). The first-order chi connectivity index (χ1) is 22.8. The number of nitrogens with zero attached hydrogens (tertiary/aromatic N) is 2. The van der Waals surface area contributed by atoms with Crippen molar-refractivity contribution in [3.8, 4) is 33.8 Å². The molecule has 0 fully saturated rings. The first kappa shape index (κ1) is 25.8. The Morgan fingerprint density at radius 1 is 0.435 bits per heavy atom. The number of hydrogen-bond donors (Lipinski definition) is 0. The molecule has 1 aromatic heterocycles. The maximum atomic E-state index is 5.37. The molecule has 0 atom stereocenters. The van der Waals surface area contributed by atoms with Gasteiger partial charge in [-0.2, -0.15) is 0 Å². The molecular formula is C43H26N2S. The van der Waals surface area contributed by atoms with Gasteiger partial charge in [-0.1, -0.05) is 145 Å². The van der Waals surface area contributed by atoms with Crippen LogP contribution in [0.2, 0.25) is 0 Å². The maximum absolute atomic E-state index is 5.37. The molecule has 1 aliphatic heterocycles. The Kier molecular flexibility index (Phi) is 5.46. The molecule has 0 bridgehead atoms. The van der Waals surface area contributed by atoms with E-state index in [1.54, 1.807) is 0 Å². The van der Waals surface area contributed by atoms with Crippen molar-refractivity contribution in [3.63, 3.8) is 0 Å². The fraction of sp³-hybridized carbons (Fsp3) is 0.0233. The van der Waals surface area contributed by atoms with Crippen molar-refractivity contribution in [2.75, 3.05) is 0 Å². The van der Waals surface area contributed by atoms with Gasteiger partial charge in [-0.3, -0.25) is 0 Å². The van der Waals surface area contributed by atoms with Gasteiger partial charge in [0.25, 0.3) is 0 Å². The lowest BCUT2D eigenvalue weighted by Gasteiger charge is -2.39. The molecule has 46 heavy (non-hydrogen) atoms. The molecule has 0 amide bonds. The second kappa shape index (κ2) is 9.74. The minimum absolute atomic E-state index is 0.435. The van der Waals surface area contributed by atoms with E-state index in [1.807, 2.05) is 11.8 Å². The smallest absolute Gasteiger partial charge is 0.160 e.